The van der Waals surface area contributed by atoms with Gasteiger partial charge in [0, 0.05) is 0 Å². The van der Waals surface area contributed by atoms with E-state index in [0.717, 1.165) is 13.1 Å². The molecule has 0 bridgehead atoms. The third kappa shape index (κ3) is 6.48. The molecule has 0 aliphatic heterocycles. The molecule has 0 aliphatic rings. The van der Waals surface area contributed by atoms with Gasteiger partial charge in [-0.25, -0.2) is 9.13 Å². The molecule has 0 fully saturated rings. The van der Waals surface area contributed by atoms with Crippen LogP contribution in [0.25, 0.3) is 0 Å². The Morgan fingerprint density at radius 2 is 2.00 bits per heavy atom. The van der Waals surface area contributed by atoms with Crippen LogP contribution < -0.4 is 4.57 Å². The Morgan fingerprint density at radius 3 is 2.78 bits per heavy atom. The Kier molecular flexibility index (Phi) is 8.02. The van der Waals surface area contributed by atoms with E-state index < -0.39 is 0 Å². The van der Waals surface area contributed by atoms with E-state index >= 15 is 0 Å². The van der Waals surface area contributed by atoms with Crippen LogP contribution in [-0.4, -0.2) is 11.2 Å². The van der Waals surface area contributed by atoms with Crippen molar-refractivity contribution in [1.82, 2.24) is 4.57 Å². The van der Waals surface area contributed by atoms with Gasteiger partial charge in [0.15, 0.2) is 0 Å². The van der Waals surface area contributed by atoms with E-state index in [0.29, 0.717) is 6.61 Å². The van der Waals surface area contributed by atoms with E-state index in [1.54, 1.807) is 0 Å². The van der Waals surface area contributed by atoms with Gasteiger partial charge in [0.05, 0.1) is 12.8 Å². The highest BCUT2D eigenvalue weighted by Gasteiger charge is 2.02. The molecule has 0 N–H and O–H groups in total. The van der Waals surface area contributed by atoms with E-state index in [1.807, 2.05) is 0 Å². The maximum Gasteiger partial charge on any atom is 0.243 e. The number of aromatic nitrogens is 2. The average molecular weight is 251 g/mol. The summed E-state index contributed by atoms with van der Waals surface area (Å²) in [5, 5.41) is 0. The third-order valence-electron chi connectivity index (χ3n) is 3.10. The maximum absolute atomic E-state index is 5.12. The van der Waals surface area contributed by atoms with Crippen LogP contribution in [0.2, 0.25) is 0 Å². The number of unbranched alkanes of at least 4 members (excludes halogenated alkanes) is 5. The van der Waals surface area contributed by atoms with Crippen molar-refractivity contribution >= 4 is 0 Å². The molecule has 0 saturated carbocycles. The molecule has 0 atom stereocenters. The van der Waals surface area contributed by atoms with Crippen molar-refractivity contribution in [2.24, 2.45) is 0 Å². The molecule has 3 nitrogen and oxygen atoms in total. The number of ether oxygens (including phenoxy) is 1. The normalized spacial score (nSPS) is 10.5. The third-order valence-corrected chi connectivity index (χ3v) is 3.10. The Morgan fingerprint density at radius 1 is 1.22 bits per heavy atom. The summed E-state index contributed by atoms with van der Waals surface area (Å²) in [7, 11) is 0. The first-order valence-electron chi connectivity index (χ1n) is 7.14. The van der Waals surface area contributed by atoms with Gasteiger partial charge in [0.1, 0.15) is 25.5 Å². The number of nitrogens with zero attached hydrogens (tertiary/aromatic N) is 2. The SMILES string of the molecule is C=COCCn1cc[n+](CCCCCCCC)c1. The summed E-state index contributed by atoms with van der Waals surface area (Å²) in [4.78, 5) is 0. The quantitative estimate of drug-likeness (QED) is 0.335. The molecule has 0 unspecified atom stereocenters. The van der Waals surface area contributed by atoms with Crippen LogP contribution in [0.4, 0.5) is 0 Å². The van der Waals surface area contributed by atoms with Gasteiger partial charge in [-0.15, -0.1) is 0 Å². The summed E-state index contributed by atoms with van der Waals surface area (Å²) in [6.07, 6.45) is 16.0. The minimum atomic E-state index is 0.690. The van der Waals surface area contributed by atoms with Crippen molar-refractivity contribution in [3.63, 3.8) is 0 Å². The van der Waals surface area contributed by atoms with E-state index in [-0.39, 0.29) is 0 Å². The summed E-state index contributed by atoms with van der Waals surface area (Å²) in [6, 6.07) is 0. The molecular formula is C15H27N2O+. The van der Waals surface area contributed by atoms with Crippen molar-refractivity contribution in [2.75, 3.05) is 6.61 Å². The largest absolute Gasteiger partial charge is 0.498 e. The molecule has 0 saturated heterocycles. The van der Waals surface area contributed by atoms with Gasteiger partial charge in [-0.3, -0.25) is 0 Å². The molecule has 1 rings (SSSR count). The Hall–Kier alpha value is -1.25. The molecule has 3 heteroatoms. The van der Waals surface area contributed by atoms with Crippen LogP contribution in [0.3, 0.4) is 0 Å². The molecule has 18 heavy (non-hydrogen) atoms. The maximum atomic E-state index is 5.12. The van der Waals surface area contributed by atoms with Gasteiger partial charge in [0.2, 0.25) is 6.33 Å². The van der Waals surface area contributed by atoms with Crippen LogP contribution in [0.1, 0.15) is 45.4 Å². The van der Waals surface area contributed by atoms with E-state index in [9.17, 15) is 0 Å². The molecule has 0 aromatic carbocycles. The van der Waals surface area contributed by atoms with Crippen LogP contribution >= 0.6 is 0 Å². The predicted molar refractivity (Wildman–Crippen MR) is 74.2 cm³/mol. The Labute approximate surface area is 111 Å². The lowest BCUT2D eigenvalue weighted by molar-refractivity contribution is -0.696. The van der Waals surface area contributed by atoms with Gasteiger partial charge in [-0.1, -0.05) is 39.2 Å². The fraction of sp³-hybridized carbons (Fsp3) is 0.667. The smallest absolute Gasteiger partial charge is 0.243 e. The van der Waals surface area contributed by atoms with Crippen LogP contribution in [0.5, 0.6) is 0 Å². The highest BCUT2D eigenvalue weighted by Crippen LogP contribution is 2.04. The molecule has 1 aromatic heterocycles. The fourth-order valence-corrected chi connectivity index (χ4v) is 2.02. The second-order valence-electron chi connectivity index (χ2n) is 4.69. The van der Waals surface area contributed by atoms with Crippen molar-refractivity contribution in [1.29, 1.82) is 0 Å². The minimum absolute atomic E-state index is 0.690. The average Bonchev–Trinajstić information content (AvgIpc) is 2.82. The summed E-state index contributed by atoms with van der Waals surface area (Å²) >= 11 is 0. The number of aryl methyl sites for hydroxylation is 1. The van der Waals surface area contributed by atoms with Crippen molar-refractivity contribution < 1.29 is 9.30 Å². The summed E-state index contributed by atoms with van der Waals surface area (Å²) in [5.74, 6) is 0. The number of hydrogen-bond acceptors (Lipinski definition) is 1. The first-order valence-corrected chi connectivity index (χ1v) is 7.14. The first kappa shape index (κ1) is 14.8. The van der Waals surface area contributed by atoms with Crippen LogP contribution in [0, 0.1) is 0 Å². The zero-order valence-corrected chi connectivity index (χ0v) is 11.7. The second kappa shape index (κ2) is 9.75. The second-order valence-corrected chi connectivity index (χ2v) is 4.69. The molecular weight excluding hydrogens is 224 g/mol. The number of hydrogen-bond donors (Lipinski definition) is 0. The predicted octanol–water partition coefficient (Wildman–Crippen LogP) is 3.30. The number of rotatable bonds is 11. The van der Waals surface area contributed by atoms with Gasteiger partial charge >= 0.3 is 0 Å². The fourth-order valence-electron chi connectivity index (χ4n) is 2.02. The molecule has 0 radical (unpaired) electrons. The van der Waals surface area contributed by atoms with E-state index in [2.05, 4.69) is 41.4 Å². The van der Waals surface area contributed by atoms with Gasteiger partial charge in [-0.05, 0) is 12.8 Å². The Balaban J connectivity index is 2.09. The van der Waals surface area contributed by atoms with Crippen molar-refractivity contribution in [3.05, 3.63) is 31.6 Å². The van der Waals surface area contributed by atoms with Crippen LogP contribution in [-0.2, 0) is 17.8 Å². The van der Waals surface area contributed by atoms with Crippen molar-refractivity contribution in [3.8, 4) is 0 Å². The van der Waals surface area contributed by atoms with Gasteiger partial charge < -0.3 is 4.74 Å². The molecule has 0 amide bonds. The molecule has 1 aromatic rings. The lowest BCUT2D eigenvalue weighted by Gasteiger charge is -1.99. The van der Waals surface area contributed by atoms with Crippen LogP contribution in [0.15, 0.2) is 31.6 Å². The topological polar surface area (TPSA) is 18.0 Å². The summed E-state index contributed by atoms with van der Waals surface area (Å²) < 4.78 is 9.53. The molecule has 0 aliphatic carbocycles. The van der Waals surface area contributed by atoms with E-state index in [1.165, 1.54) is 44.8 Å². The highest BCUT2D eigenvalue weighted by molar-refractivity contribution is 4.66. The highest BCUT2D eigenvalue weighted by atomic mass is 16.5. The molecule has 102 valence electrons. The lowest BCUT2D eigenvalue weighted by atomic mass is 10.1. The van der Waals surface area contributed by atoms with E-state index in [4.69, 9.17) is 4.74 Å². The first-order chi connectivity index (χ1) is 8.86. The molecule has 0 spiro atoms. The van der Waals surface area contributed by atoms with Gasteiger partial charge in [0.25, 0.3) is 0 Å². The lowest BCUT2D eigenvalue weighted by Crippen LogP contribution is -2.31. The van der Waals surface area contributed by atoms with Gasteiger partial charge in [-0.2, -0.15) is 0 Å². The Bertz CT molecular complexity index is 320. The number of imidazole rings is 1. The van der Waals surface area contributed by atoms with Crippen molar-refractivity contribution in [2.45, 2.75) is 58.5 Å². The standard InChI is InChI=1S/C15H27N2O/c1-3-5-6-7-8-9-10-16-11-12-17(15-16)13-14-18-4-2/h4,11-12,15H,2-3,5-10,13-14H2,1H3/q+1. The zero-order valence-electron chi connectivity index (χ0n) is 11.7. The molecule has 1 heterocycles. The monoisotopic (exact) mass is 251 g/mol. The summed E-state index contributed by atoms with van der Waals surface area (Å²) in [6.45, 7) is 8.49. The summed E-state index contributed by atoms with van der Waals surface area (Å²) in [5.41, 5.74) is 0. The minimum Gasteiger partial charge on any atom is -0.498 e. The zero-order chi connectivity index (χ0) is 13.1.